The Hall–Kier alpha value is -1.83. The van der Waals surface area contributed by atoms with Gasteiger partial charge in [0.05, 0.1) is 18.9 Å². The van der Waals surface area contributed by atoms with E-state index >= 15 is 0 Å². The summed E-state index contributed by atoms with van der Waals surface area (Å²) in [7, 11) is 0. The van der Waals surface area contributed by atoms with Crippen LogP contribution in [-0.4, -0.2) is 39.7 Å². The third kappa shape index (κ3) is 5.04. The first-order valence-corrected chi connectivity index (χ1v) is 7.14. The molecule has 0 spiro atoms. The number of ether oxygens (including phenoxy) is 1. The van der Waals surface area contributed by atoms with Gasteiger partial charge in [-0.25, -0.2) is 0 Å². The van der Waals surface area contributed by atoms with Crippen LogP contribution in [0, 0.1) is 0 Å². The number of amides is 1. The first-order valence-electron chi connectivity index (χ1n) is 6.26. The molecule has 20 heavy (non-hydrogen) atoms. The van der Waals surface area contributed by atoms with E-state index in [1.807, 2.05) is 19.9 Å². The SMILES string of the molecule is CC.O=C(O)CC1S/C(=N/N=C/C2CC=CO2)NC1=O. The summed E-state index contributed by atoms with van der Waals surface area (Å²) in [4.78, 5) is 21.9. The Morgan fingerprint density at radius 1 is 1.65 bits per heavy atom. The Balaban J connectivity index is 0.000000956. The molecule has 2 aliphatic heterocycles. The maximum Gasteiger partial charge on any atom is 0.305 e. The lowest BCUT2D eigenvalue weighted by atomic mass is 10.3. The summed E-state index contributed by atoms with van der Waals surface area (Å²) in [5.74, 6) is -1.37. The van der Waals surface area contributed by atoms with Gasteiger partial charge in [-0.1, -0.05) is 25.6 Å². The number of nitrogens with one attached hydrogen (secondary N) is 1. The Morgan fingerprint density at radius 3 is 3.00 bits per heavy atom. The number of carboxylic acids is 1. The molecule has 0 aliphatic carbocycles. The van der Waals surface area contributed by atoms with Crippen LogP contribution in [-0.2, 0) is 14.3 Å². The summed E-state index contributed by atoms with van der Waals surface area (Å²) in [6.07, 6.45) is 5.40. The van der Waals surface area contributed by atoms with Gasteiger partial charge >= 0.3 is 5.97 Å². The number of rotatable bonds is 4. The summed E-state index contributed by atoms with van der Waals surface area (Å²) >= 11 is 1.07. The van der Waals surface area contributed by atoms with E-state index in [1.54, 1.807) is 6.26 Å². The highest BCUT2D eigenvalue weighted by molar-refractivity contribution is 8.15. The van der Waals surface area contributed by atoms with Crippen LogP contribution in [0.3, 0.4) is 0 Å². The van der Waals surface area contributed by atoms with Crippen LogP contribution in [0.25, 0.3) is 0 Å². The summed E-state index contributed by atoms with van der Waals surface area (Å²) < 4.78 is 5.14. The van der Waals surface area contributed by atoms with Crippen molar-refractivity contribution in [1.29, 1.82) is 0 Å². The van der Waals surface area contributed by atoms with Gasteiger partial charge in [0, 0.05) is 6.42 Å². The number of amidine groups is 1. The largest absolute Gasteiger partial charge is 0.492 e. The summed E-state index contributed by atoms with van der Waals surface area (Å²) in [5.41, 5.74) is 0. The molecule has 0 radical (unpaired) electrons. The molecule has 2 N–H and O–H groups in total. The number of hydrogen-bond acceptors (Lipinski definition) is 6. The van der Waals surface area contributed by atoms with E-state index in [-0.39, 0.29) is 18.4 Å². The van der Waals surface area contributed by atoms with Crippen LogP contribution >= 0.6 is 11.8 Å². The molecule has 1 amide bonds. The highest BCUT2D eigenvalue weighted by atomic mass is 32.2. The summed E-state index contributed by atoms with van der Waals surface area (Å²) in [5, 5.41) is 18.4. The van der Waals surface area contributed by atoms with Crippen molar-refractivity contribution in [3.63, 3.8) is 0 Å². The molecule has 2 rings (SSSR count). The van der Waals surface area contributed by atoms with Crippen molar-refractivity contribution in [2.45, 2.75) is 38.0 Å². The molecule has 0 aromatic heterocycles. The van der Waals surface area contributed by atoms with E-state index in [4.69, 9.17) is 9.84 Å². The maximum atomic E-state index is 11.4. The molecular formula is C12H17N3O4S. The lowest BCUT2D eigenvalue weighted by Gasteiger charge is -2.00. The number of thioether (sulfide) groups is 1. The quantitative estimate of drug-likeness (QED) is 0.603. The fourth-order valence-electron chi connectivity index (χ4n) is 1.40. The fourth-order valence-corrected chi connectivity index (χ4v) is 2.32. The molecule has 110 valence electrons. The molecule has 0 aromatic carbocycles. The van der Waals surface area contributed by atoms with Gasteiger partial charge in [0.25, 0.3) is 0 Å². The van der Waals surface area contributed by atoms with Gasteiger partial charge in [0.2, 0.25) is 5.91 Å². The third-order valence-electron chi connectivity index (χ3n) is 2.24. The number of aliphatic carboxylic acids is 1. The summed E-state index contributed by atoms with van der Waals surface area (Å²) in [6, 6.07) is 0. The minimum absolute atomic E-state index is 0.119. The second kappa shape index (κ2) is 8.36. The standard InChI is InChI=1S/C10H11N3O4S.C2H6/c14-8(15)4-7-9(16)12-10(18-7)13-11-5-6-2-1-3-17-6;1-2/h1,3,5-7H,2,4H2,(H,14,15)(H,12,13,16);1-2H3/b11-5+;. The van der Waals surface area contributed by atoms with Gasteiger partial charge in [-0.3, -0.25) is 9.59 Å². The van der Waals surface area contributed by atoms with Crippen LogP contribution in [0.5, 0.6) is 0 Å². The Morgan fingerprint density at radius 2 is 2.40 bits per heavy atom. The van der Waals surface area contributed by atoms with E-state index in [0.29, 0.717) is 5.17 Å². The predicted molar refractivity (Wildman–Crippen MR) is 77.7 cm³/mol. The van der Waals surface area contributed by atoms with Gasteiger partial charge in [-0.2, -0.15) is 5.10 Å². The zero-order chi connectivity index (χ0) is 15.0. The number of nitrogens with zero attached hydrogens (tertiary/aromatic N) is 2. The zero-order valence-electron chi connectivity index (χ0n) is 11.3. The van der Waals surface area contributed by atoms with Crippen LogP contribution in [0.4, 0.5) is 0 Å². The molecule has 2 aliphatic rings. The van der Waals surface area contributed by atoms with Crippen LogP contribution in [0.2, 0.25) is 0 Å². The van der Waals surface area contributed by atoms with Gasteiger partial charge < -0.3 is 15.2 Å². The van der Waals surface area contributed by atoms with E-state index in [2.05, 4.69) is 15.5 Å². The van der Waals surface area contributed by atoms with Gasteiger partial charge in [0.15, 0.2) is 5.17 Å². The Labute approximate surface area is 121 Å². The van der Waals surface area contributed by atoms with E-state index in [9.17, 15) is 9.59 Å². The van der Waals surface area contributed by atoms with Crippen molar-refractivity contribution in [3.8, 4) is 0 Å². The molecule has 7 nitrogen and oxygen atoms in total. The Kier molecular flexibility index (Phi) is 6.78. The molecule has 2 heterocycles. The number of carbonyl (C=O) groups excluding carboxylic acids is 1. The lowest BCUT2D eigenvalue weighted by Crippen LogP contribution is -2.26. The topological polar surface area (TPSA) is 100 Å². The highest BCUT2D eigenvalue weighted by Gasteiger charge is 2.32. The molecular weight excluding hydrogens is 282 g/mol. The predicted octanol–water partition coefficient (Wildman–Crippen LogP) is 1.36. The molecule has 0 aromatic rings. The minimum atomic E-state index is -1.02. The maximum absolute atomic E-state index is 11.4. The van der Waals surface area contributed by atoms with Crippen molar-refractivity contribution in [2.75, 3.05) is 0 Å². The first kappa shape index (κ1) is 16.2. The van der Waals surface area contributed by atoms with Crippen molar-refractivity contribution in [1.82, 2.24) is 5.32 Å². The number of carbonyl (C=O) groups is 2. The van der Waals surface area contributed by atoms with Gasteiger partial charge in [-0.05, 0) is 6.08 Å². The fraction of sp³-hybridized carbons (Fsp3) is 0.500. The van der Waals surface area contributed by atoms with E-state index in [1.165, 1.54) is 6.21 Å². The van der Waals surface area contributed by atoms with Gasteiger partial charge in [-0.15, -0.1) is 5.10 Å². The Bertz CT molecular complexity index is 440. The summed E-state index contributed by atoms with van der Waals surface area (Å²) in [6.45, 7) is 4.00. The zero-order valence-corrected chi connectivity index (χ0v) is 12.1. The van der Waals surface area contributed by atoms with E-state index in [0.717, 1.165) is 18.2 Å². The second-order valence-electron chi connectivity index (χ2n) is 3.65. The average Bonchev–Trinajstić information content (AvgIpc) is 3.03. The van der Waals surface area contributed by atoms with Gasteiger partial charge in [0.1, 0.15) is 11.4 Å². The molecule has 0 bridgehead atoms. The van der Waals surface area contributed by atoms with Crippen molar-refractivity contribution in [2.24, 2.45) is 10.2 Å². The monoisotopic (exact) mass is 299 g/mol. The van der Waals surface area contributed by atoms with Crippen LogP contribution in [0.15, 0.2) is 22.5 Å². The molecule has 0 saturated carbocycles. The smallest absolute Gasteiger partial charge is 0.305 e. The second-order valence-corrected chi connectivity index (χ2v) is 4.84. The molecule has 2 atom stereocenters. The molecule has 1 fully saturated rings. The number of hydrogen-bond donors (Lipinski definition) is 2. The minimum Gasteiger partial charge on any atom is -0.492 e. The van der Waals surface area contributed by atoms with E-state index < -0.39 is 11.2 Å². The van der Waals surface area contributed by atoms with Crippen molar-refractivity contribution in [3.05, 3.63) is 12.3 Å². The third-order valence-corrected chi connectivity index (χ3v) is 3.31. The molecule has 2 unspecified atom stereocenters. The molecule has 8 heteroatoms. The average molecular weight is 299 g/mol. The highest BCUT2D eigenvalue weighted by Crippen LogP contribution is 2.22. The van der Waals surface area contributed by atoms with Crippen LogP contribution in [0.1, 0.15) is 26.7 Å². The molecule has 1 saturated heterocycles. The van der Waals surface area contributed by atoms with Crippen molar-refractivity contribution >= 4 is 35.0 Å². The first-order chi connectivity index (χ1) is 9.65. The van der Waals surface area contributed by atoms with Crippen LogP contribution < -0.4 is 5.32 Å². The number of carboxylic acid groups (broad SMARTS) is 1. The lowest BCUT2D eigenvalue weighted by molar-refractivity contribution is -0.138. The van der Waals surface area contributed by atoms with Crippen molar-refractivity contribution < 1.29 is 19.4 Å². The normalized spacial score (nSPS) is 26.3.